The molecule has 0 unspecified atom stereocenters. The number of amides is 2. The molecule has 0 radical (unpaired) electrons. The molecule has 0 saturated carbocycles. The molecular formula is C19H20ClN3O3. The molecule has 6 nitrogen and oxygen atoms in total. The smallest absolute Gasteiger partial charge is 0.329 e. The maximum Gasteiger partial charge on any atom is 0.329 e. The molecule has 2 rings (SSSR count). The molecule has 0 saturated heterocycles. The highest BCUT2D eigenvalue weighted by atomic mass is 35.5. The number of ether oxygens (including phenoxy) is 1. The number of nitrogens with zero attached hydrogens (tertiary/aromatic N) is 1. The summed E-state index contributed by atoms with van der Waals surface area (Å²) in [4.78, 5) is 23.8. The van der Waals surface area contributed by atoms with Gasteiger partial charge in [0.15, 0.2) is 0 Å². The van der Waals surface area contributed by atoms with Gasteiger partial charge in [0, 0.05) is 10.6 Å². The van der Waals surface area contributed by atoms with E-state index in [9.17, 15) is 9.59 Å². The fourth-order valence-corrected chi connectivity index (χ4v) is 2.39. The van der Waals surface area contributed by atoms with Crippen molar-refractivity contribution >= 4 is 29.6 Å². The molecule has 0 spiro atoms. The highest BCUT2D eigenvalue weighted by Gasteiger charge is 2.16. The third kappa shape index (κ3) is 5.60. The lowest BCUT2D eigenvalue weighted by Gasteiger charge is -2.13. The van der Waals surface area contributed by atoms with Crippen molar-refractivity contribution in [1.82, 2.24) is 10.7 Å². The lowest BCUT2D eigenvalue weighted by atomic mass is 10.1. The number of halogens is 1. The zero-order valence-electron chi connectivity index (χ0n) is 14.5. The number of hydrogen-bond acceptors (Lipinski definition) is 4. The first-order valence-corrected chi connectivity index (χ1v) is 8.50. The summed E-state index contributed by atoms with van der Waals surface area (Å²) in [6, 6.07) is 14.1. The molecule has 26 heavy (non-hydrogen) atoms. The van der Waals surface area contributed by atoms with Crippen LogP contribution in [0.1, 0.15) is 31.0 Å². The van der Waals surface area contributed by atoms with Crippen molar-refractivity contribution in [2.45, 2.75) is 19.9 Å². The fourth-order valence-electron chi connectivity index (χ4n) is 2.21. The van der Waals surface area contributed by atoms with E-state index in [2.05, 4.69) is 15.8 Å². The van der Waals surface area contributed by atoms with Crippen LogP contribution >= 0.6 is 11.6 Å². The second kappa shape index (κ2) is 9.58. The van der Waals surface area contributed by atoms with Gasteiger partial charge in [0.2, 0.25) is 0 Å². The predicted octanol–water partition coefficient (Wildman–Crippen LogP) is 3.07. The monoisotopic (exact) mass is 373 g/mol. The van der Waals surface area contributed by atoms with Crippen LogP contribution in [0.5, 0.6) is 5.75 Å². The predicted molar refractivity (Wildman–Crippen MR) is 101 cm³/mol. The lowest BCUT2D eigenvalue weighted by molar-refractivity contribution is -0.139. The molecule has 2 aromatic rings. The van der Waals surface area contributed by atoms with E-state index in [1.54, 1.807) is 25.1 Å². The zero-order chi connectivity index (χ0) is 18.9. The van der Waals surface area contributed by atoms with E-state index in [4.69, 9.17) is 16.3 Å². The minimum absolute atomic E-state index is 0.295. The Balaban J connectivity index is 1.94. The summed E-state index contributed by atoms with van der Waals surface area (Å²) in [5.74, 6) is -1.05. The first kappa shape index (κ1) is 19.5. The van der Waals surface area contributed by atoms with Crippen LogP contribution in [0, 0.1) is 0 Å². The maximum absolute atomic E-state index is 11.9. The summed E-state index contributed by atoms with van der Waals surface area (Å²) in [7, 11) is 0. The molecule has 0 heterocycles. The standard InChI is InChI=1S/C19H20ClN3O3/c1-3-26-17-10-9-16(20)11-15(17)12-21-23-19(25)18(24)22-13(2)14-7-5-4-6-8-14/h4-13H,3H2,1-2H3,(H,22,24)(H,23,25)/b21-12-/t13-/m0/s1. The van der Waals surface area contributed by atoms with Crippen LogP contribution in [0.15, 0.2) is 53.6 Å². The third-order valence-electron chi connectivity index (χ3n) is 3.49. The summed E-state index contributed by atoms with van der Waals surface area (Å²) < 4.78 is 5.46. The second-order valence-corrected chi connectivity index (χ2v) is 5.86. The van der Waals surface area contributed by atoms with Crippen LogP contribution < -0.4 is 15.5 Å². The summed E-state index contributed by atoms with van der Waals surface area (Å²) >= 11 is 5.96. The first-order chi connectivity index (χ1) is 12.5. The molecule has 0 aliphatic rings. The quantitative estimate of drug-likeness (QED) is 0.464. The van der Waals surface area contributed by atoms with Crippen molar-refractivity contribution in [1.29, 1.82) is 0 Å². The van der Waals surface area contributed by atoms with E-state index in [1.165, 1.54) is 6.21 Å². The van der Waals surface area contributed by atoms with Gasteiger partial charge in [-0.3, -0.25) is 9.59 Å². The molecule has 2 aromatic carbocycles. The Morgan fingerprint density at radius 1 is 1.19 bits per heavy atom. The van der Waals surface area contributed by atoms with Gasteiger partial charge in [0.25, 0.3) is 0 Å². The highest BCUT2D eigenvalue weighted by molar-refractivity contribution is 6.35. The van der Waals surface area contributed by atoms with Crippen molar-refractivity contribution in [2.24, 2.45) is 5.10 Å². The number of rotatable bonds is 6. The van der Waals surface area contributed by atoms with Gasteiger partial charge in [-0.2, -0.15) is 5.10 Å². The largest absolute Gasteiger partial charge is 0.493 e. The molecule has 0 bridgehead atoms. The summed E-state index contributed by atoms with van der Waals surface area (Å²) in [5, 5.41) is 6.93. The van der Waals surface area contributed by atoms with Crippen LogP contribution in [-0.4, -0.2) is 24.6 Å². The van der Waals surface area contributed by atoms with E-state index in [0.29, 0.717) is 22.9 Å². The van der Waals surface area contributed by atoms with Crippen LogP contribution in [0.3, 0.4) is 0 Å². The van der Waals surface area contributed by atoms with Gasteiger partial charge < -0.3 is 10.1 Å². The lowest BCUT2D eigenvalue weighted by Crippen LogP contribution is -2.39. The topological polar surface area (TPSA) is 79.8 Å². The van der Waals surface area contributed by atoms with E-state index in [-0.39, 0.29) is 6.04 Å². The van der Waals surface area contributed by atoms with Crippen LogP contribution in [-0.2, 0) is 9.59 Å². The number of carbonyl (C=O) groups is 2. The third-order valence-corrected chi connectivity index (χ3v) is 3.73. The van der Waals surface area contributed by atoms with Crippen LogP contribution in [0.2, 0.25) is 5.02 Å². The average molecular weight is 374 g/mol. The van der Waals surface area contributed by atoms with Crippen molar-refractivity contribution in [3.8, 4) is 5.75 Å². The van der Waals surface area contributed by atoms with Gasteiger partial charge in [0.1, 0.15) is 5.75 Å². The van der Waals surface area contributed by atoms with Crippen LogP contribution in [0.4, 0.5) is 0 Å². The van der Waals surface area contributed by atoms with Crippen LogP contribution in [0.25, 0.3) is 0 Å². The fraction of sp³-hybridized carbons (Fsp3) is 0.211. The number of hydrazone groups is 1. The Morgan fingerprint density at radius 3 is 2.62 bits per heavy atom. The van der Waals surface area contributed by atoms with Gasteiger partial charge in [-0.25, -0.2) is 5.43 Å². The average Bonchev–Trinajstić information content (AvgIpc) is 2.64. The van der Waals surface area contributed by atoms with Gasteiger partial charge in [-0.1, -0.05) is 41.9 Å². The van der Waals surface area contributed by atoms with Crippen molar-refractivity contribution in [3.05, 3.63) is 64.7 Å². The van der Waals surface area contributed by atoms with E-state index in [0.717, 1.165) is 5.56 Å². The molecule has 136 valence electrons. The number of hydrogen-bond donors (Lipinski definition) is 2. The van der Waals surface area contributed by atoms with Crippen molar-refractivity contribution in [2.75, 3.05) is 6.61 Å². The van der Waals surface area contributed by atoms with Crippen molar-refractivity contribution < 1.29 is 14.3 Å². The second-order valence-electron chi connectivity index (χ2n) is 5.42. The number of carbonyl (C=O) groups excluding carboxylic acids is 2. The highest BCUT2D eigenvalue weighted by Crippen LogP contribution is 2.21. The van der Waals surface area contributed by atoms with E-state index in [1.807, 2.05) is 37.3 Å². The maximum atomic E-state index is 11.9. The van der Waals surface area contributed by atoms with Gasteiger partial charge in [0.05, 0.1) is 18.9 Å². The number of benzene rings is 2. The van der Waals surface area contributed by atoms with Gasteiger partial charge in [-0.15, -0.1) is 0 Å². The molecule has 2 N–H and O–H groups in total. The Hall–Kier alpha value is -2.86. The molecule has 2 amide bonds. The molecule has 0 aliphatic heterocycles. The summed E-state index contributed by atoms with van der Waals surface area (Å²) in [6.07, 6.45) is 1.38. The minimum Gasteiger partial charge on any atom is -0.493 e. The van der Waals surface area contributed by atoms with E-state index >= 15 is 0 Å². The zero-order valence-corrected chi connectivity index (χ0v) is 15.3. The summed E-state index contributed by atoms with van der Waals surface area (Å²) in [6.45, 7) is 4.13. The molecule has 1 atom stereocenters. The first-order valence-electron chi connectivity index (χ1n) is 8.12. The molecule has 0 fully saturated rings. The Morgan fingerprint density at radius 2 is 1.92 bits per heavy atom. The minimum atomic E-state index is -0.857. The van der Waals surface area contributed by atoms with E-state index < -0.39 is 11.8 Å². The Bertz CT molecular complexity index is 794. The number of nitrogens with one attached hydrogen (secondary N) is 2. The van der Waals surface area contributed by atoms with Gasteiger partial charge >= 0.3 is 11.8 Å². The van der Waals surface area contributed by atoms with Gasteiger partial charge in [-0.05, 0) is 37.6 Å². The SMILES string of the molecule is CCOc1ccc(Cl)cc1/C=N\NC(=O)C(=O)N[C@@H](C)c1ccccc1. The molecule has 0 aliphatic carbocycles. The normalized spacial score (nSPS) is 11.8. The van der Waals surface area contributed by atoms with Crippen molar-refractivity contribution in [3.63, 3.8) is 0 Å². The summed E-state index contributed by atoms with van der Waals surface area (Å²) in [5.41, 5.74) is 3.69. The molecule has 7 heteroatoms. The Kier molecular flexibility index (Phi) is 7.17. The Labute approximate surface area is 157 Å². The molecular weight excluding hydrogens is 354 g/mol. The molecule has 0 aromatic heterocycles.